The predicted octanol–water partition coefficient (Wildman–Crippen LogP) is 13.8. The van der Waals surface area contributed by atoms with Crippen LogP contribution in [0.15, 0.2) is 0 Å². The molecule has 0 N–H and O–H groups in total. The van der Waals surface area contributed by atoms with Gasteiger partial charge in [-0.05, 0) is 119 Å². The van der Waals surface area contributed by atoms with Gasteiger partial charge in [0, 0.05) is 19.4 Å². The zero-order valence-electron chi connectivity index (χ0n) is 38.2. The highest BCUT2D eigenvalue weighted by molar-refractivity contribution is 5.69. The number of unbranched alkanes of at least 4 members (excludes halogenated alkanes) is 13. The first-order valence-electron chi connectivity index (χ1n) is 24.1. The summed E-state index contributed by atoms with van der Waals surface area (Å²) in [5.41, 5.74) is 0. The van der Waals surface area contributed by atoms with Crippen LogP contribution in [0.25, 0.3) is 0 Å². The molecule has 0 bridgehead atoms. The van der Waals surface area contributed by atoms with E-state index >= 15 is 0 Å². The maximum atomic E-state index is 12.3. The molecule has 2 atom stereocenters. The van der Waals surface area contributed by atoms with Crippen molar-refractivity contribution < 1.29 is 23.8 Å². The molecule has 1 fully saturated rings. The van der Waals surface area contributed by atoms with E-state index in [-0.39, 0.29) is 11.9 Å². The number of rotatable bonds is 38. The second-order valence-electron chi connectivity index (χ2n) is 19.1. The summed E-state index contributed by atoms with van der Waals surface area (Å²) in [6, 6.07) is 0. The van der Waals surface area contributed by atoms with Gasteiger partial charge in [0.05, 0.1) is 19.3 Å². The molecule has 0 aromatic heterocycles. The Bertz CT molecular complexity index is 825. The van der Waals surface area contributed by atoms with E-state index < -0.39 is 0 Å². The van der Waals surface area contributed by atoms with Crippen molar-refractivity contribution in [3.05, 3.63) is 0 Å². The van der Waals surface area contributed by atoms with Gasteiger partial charge in [0.25, 0.3) is 0 Å². The van der Waals surface area contributed by atoms with Crippen LogP contribution >= 0.6 is 0 Å². The molecule has 1 heterocycles. The van der Waals surface area contributed by atoms with Crippen molar-refractivity contribution in [2.24, 2.45) is 35.5 Å². The summed E-state index contributed by atoms with van der Waals surface area (Å²) in [6.45, 7) is 24.0. The van der Waals surface area contributed by atoms with Gasteiger partial charge < -0.3 is 19.1 Å². The number of ether oxygens (including phenoxy) is 3. The maximum absolute atomic E-state index is 12.3. The molecular formula is C49H95NO5. The average molecular weight is 778 g/mol. The third kappa shape index (κ3) is 31.5. The van der Waals surface area contributed by atoms with Gasteiger partial charge >= 0.3 is 11.9 Å². The van der Waals surface area contributed by atoms with Gasteiger partial charge in [0.2, 0.25) is 0 Å². The Morgan fingerprint density at radius 1 is 0.473 bits per heavy atom. The van der Waals surface area contributed by atoms with Crippen LogP contribution in [0.4, 0.5) is 0 Å². The van der Waals surface area contributed by atoms with Crippen LogP contribution in [-0.4, -0.2) is 62.4 Å². The van der Waals surface area contributed by atoms with Gasteiger partial charge in [-0.1, -0.05) is 145 Å². The fourth-order valence-corrected chi connectivity index (χ4v) is 7.91. The van der Waals surface area contributed by atoms with Crippen LogP contribution in [0.2, 0.25) is 0 Å². The van der Waals surface area contributed by atoms with E-state index in [9.17, 15) is 9.59 Å². The summed E-state index contributed by atoms with van der Waals surface area (Å²) in [5.74, 6) is 3.47. The summed E-state index contributed by atoms with van der Waals surface area (Å²) in [6.07, 6.45) is 30.6. The summed E-state index contributed by atoms with van der Waals surface area (Å²) in [7, 11) is 0. The Morgan fingerprint density at radius 2 is 0.873 bits per heavy atom. The van der Waals surface area contributed by atoms with Crippen molar-refractivity contribution in [3.63, 3.8) is 0 Å². The number of likely N-dealkylation sites (tertiary alicyclic amines) is 1. The average Bonchev–Trinajstić information content (AvgIpc) is 3.66. The highest BCUT2D eigenvalue weighted by Gasteiger charge is 2.18. The lowest BCUT2D eigenvalue weighted by Crippen LogP contribution is -2.21. The molecule has 1 saturated heterocycles. The molecule has 0 spiro atoms. The fraction of sp³-hybridized carbons (Fsp3) is 0.959. The number of esters is 2. The molecule has 0 aliphatic carbocycles. The van der Waals surface area contributed by atoms with Crippen LogP contribution < -0.4 is 0 Å². The first kappa shape index (κ1) is 51.9. The van der Waals surface area contributed by atoms with Crippen molar-refractivity contribution in [2.75, 3.05) is 39.5 Å². The monoisotopic (exact) mass is 778 g/mol. The Kier molecular flexibility index (Phi) is 32.9. The minimum Gasteiger partial charge on any atom is -0.465 e. The van der Waals surface area contributed by atoms with E-state index in [0.717, 1.165) is 45.1 Å². The Balaban J connectivity index is 2.19. The van der Waals surface area contributed by atoms with Gasteiger partial charge in [-0.3, -0.25) is 9.59 Å². The molecular weight excluding hydrogens is 683 g/mol. The highest BCUT2D eigenvalue weighted by Crippen LogP contribution is 2.23. The molecule has 0 saturated carbocycles. The standard InChI is InChI=1S/C49H95NO5/c1-41(2)31-33-45(43(5)6)39-54-48(51)29-21-17-13-9-11-15-19-27-47(53-38-26-25-37-50-35-23-24-36-50)28-20-16-12-10-14-18-22-30-49(52)55-40-46(44(7)8)34-32-42(3)4/h41-47H,9-40H2,1-8H3. The summed E-state index contributed by atoms with van der Waals surface area (Å²) < 4.78 is 17.9. The largest absolute Gasteiger partial charge is 0.465 e. The minimum atomic E-state index is -0.00536. The van der Waals surface area contributed by atoms with Gasteiger partial charge in [-0.2, -0.15) is 0 Å². The van der Waals surface area contributed by atoms with Gasteiger partial charge in [-0.15, -0.1) is 0 Å². The first-order chi connectivity index (χ1) is 26.5. The van der Waals surface area contributed by atoms with Gasteiger partial charge in [-0.25, -0.2) is 0 Å². The van der Waals surface area contributed by atoms with Crippen molar-refractivity contribution in [1.29, 1.82) is 0 Å². The van der Waals surface area contributed by atoms with Crippen molar-refractivity contribution in [1.82, 2.24) is 4.90 Å². The fourth-order valence-electron chi connectivity index (χ4n) is 7.91. The van der Waals surface area contributed by atoms with E-state index in [1.807, 2.05) is 0 Å². The Morgan fingerprint density at radius 3 is 1.27 bits per heavy atom. The quantitative estimate of drug-likeness (QED) is 0.0459. The predicted molar refractivity (Wildman–Crippen MR) is 234 cm³/mol. The topological polar surface area (TPSA) is 65.1 Å². The Hall–Kier alpha value is -1.14. The molecule has 0 aromatic carbocycles. The maximum Gasteiger partial charge on any atom is 0.305 e. The highest BCUT2D eigenvalue weighted by atomic mass is 16.5. The van der Waals surface area contributed by atoms with E-state index in [4.69, 9.17) is 14.2 Å². The lowest BCUT2D eigenvalue weighted by Gasteiger charge is -2.21. The van der Waals surface area contributed by atoms with Crippen LogP contribution in [0.1, 0.15) is 222 Å². The van der Waals surface area contributed by atoms with Crippen LogP contribution in [-0.2, 0) is 23.8 Å². The Labute approximate surface area is 343 Å². The molecule has 1 rings (SSSR count). The van der Waals surface area contributed by atoms with Gasteiger partial charge in [0.1, 0.15) is 0 Å². The van der Waals surface area contributed by atoms with Crippen molar-refractivity contribution >= 4 is 11.9 Å². The molecule has 326 valence electrons. The number of hydrogen-bond acceptors (Lipinski definition) is 6. The number of hydrogen-bond donors (Lipinski definition) is 0. The molecule has 0 amide bonds. The summed E-state index contributed by atoms with van der Waals surface area (Å²) in [4.78, 5) is 27.3. The molecule has 0 aromatic rings. The van der Waals surface area contributed by atoms with Crippen molar-refractivity contribution in [2.45, 2.75) is 228 Å². The molecule has 1 aliphatic heterocycles. The molecule has 6 heteroatoms. The molecule has 1 aliphatic rings. The third-order valence-corrected chi connectivity index (χ3v) is 12.3. The molecule has 55 heavy (non-hydrogen) atoms. The van der Waals surface area contributed by atoms with Gasteiger partial charge in [0.15, 0.2) is 0 Å². The molecule has 0 radical (unpaired) electrons. The summed E-state index contributed by atoms with van der Waals surface area (Å²) in [5, 5.41) is 0. The zero-order valence-corrected chi connectivity index (χ0v) is 38.2. The van der Waals surface area contributed by atoms with Crippen LogP contribution in [0.3, 0.4) is 0 Å². The van der Waals surface area contributed by atoms with E-state index in [1.165, 1.54) is 135 Å². The third-order valence-electron chi connectivity index (χ3n) is 12.3. The smallest absolute Gasteiger partial charge is 0.305 e. The second kappa shape index (κ2) is 34.9. The normalized spacial score (nSPS) is 15.4. The SMILES string of the molecule is CC(C)CCC(COC(=O)CCCCCCCCCC(CCCCCCCCCC(=O)OCC(CCC(C)C)C(C)C)OCCCCN1CCCC1)C(C)C. The lowest BCUT2D eigenvalue weighted by molar-refractivity contribution is -0.146. The van der Waals surface area contributed by atoms with Crippen LogP contribution in [0, 0.1) is 35.5 Å². The van der Waals surface area contributed by atoms with E-state index in [1.54, 1.807) is 0 Å². The molecule has 2 unspecified atom stereocenters. The lowest BCUT2D eigenvalue weighted by atomic mass is 9.89. The number of nitrogens with zero attached hydrogens (tertiary/aromatic N) is 1. The second-order valence-corrected chi connectivity index (χ2v) is 19.1. The number of carbonyl (C=O) groups is 2. The molecule has 6 nitrogen and oxygen atoms in total. The van der Waals surface area contributed by atoms with E-state index in [2.05, 4.69) is 60.3 Å². The summed E-state index contributed by atoms with van der Waals surface area (Å²) >= 11 is 0. The van der Waals surface area contributed by atoms with E-state index in [0.29, 0.717) is 67.7 Å². The van der Waals surface area contributed by atoms with Crippen molar-refractivity contribution in [3.8, 4) is 0 Å². The van der Waals surface area contributed by atoms with Crippen LogP contribution in [0.5, 0.6) is 0 Å². The first-order valence-corrected chi connectivity index (χ1v) is 24.1. The minimum absolute atomic E-state index is 0.00536. The zero-order chi connectivity index (χ0) is 40.5. The number of carbonyl (C=O) groups excluding carboxylic acids is 2.